The highest BCUT2D eigenvalue weighted by atomic mass is 19.1. The zero-order valence-corrected chi connectivity index (χ0v) is 7.66. The van der Waals surface area contributed by atoms with Crippen molar-refractivity contribution in [2.75, 3.05) is 0 Å². The summed E-state index contributed by atoms with van der Waals surface area (Å²) in [5.41, 5.74) is 0. The minimum Gasteiger partial charge on any atom is -0.490 e. The average Bonchev–Trinajstić information content (AvgIpc) is 2.01. The predicted molar refractivity (Wildman–Crippen MR) is 49.2 cm³/mol. The molecule has 1 aliphatic carbocycles. The van der Waals surface area contributed by atoms with Crippen molar-refractivity contribution in [3.63, 3.8) is 0 Å². The van der Waals surface area contributed by atoms with Gasteiger partial charge in [-0.05, 0) is 30.9 Å². The smallest absolute Gasteiger partial charge is 0.126 e. The summed E-state index contributed by atoms with van der Waals surface area (Å²) in [6.07, 6.45) is 2.49. The summed E-state index contributed by atoms with van der Waals surface area (Å²) < 4.78 is 18.3. The zero-order chi connectivity index (χ0) is 9.26. The summed E-state index contributed by atoms with van der Waals surface area (Å²) in [5.74, 6) is 1.18. The van der Waals surface area contributed by atoms with E-state index in [-0.39, 0.29) is 5.82 Å². The van der Waals surface area contributed by atoms with Gasteiger partial charge in [-0.15, -0.1) is 0 Å². The molecule has 0 saturated heterocycles. The van der Waals surface area contributed by atoms with Crippen molar-refractivity contribution in [2.24, 2.45) is 5.92 Å². The lowest BCUT2D eigenvalue weighted by Crippen LogP contribution is -2.31. The summed E-state index contributed by atoms with van der Waals surface area (Å²) in [5, 5.41) is 0. The van der Waals surface area contributed by atoms with Gasteiger partial charge in [-0.25, -0.2) is 4.39 Å². The Labute approximate surface area is 77.5 Å². The fourth-order valence-corrected chi connectivity index (χ4v) is 1.66. The van der Waals surface area contributed by atoms with E-state index in [9.17, 15) is 4.39 Å². The summed E-state index contributed by atoms with van der Waals surface area (Å²) in [6.45, 7) is 2.20. The Morgan fingerprint density at radius 2 is 2.15 bits per heavy atom. The Hall–Kier alpha value is -1.05. The third-order valence-electron chi connectivity index (χ3n) is 2.43. The van der Waals surface area contributed by atoms with Crippen LogP contribution in [0, 0.1) is 11.7 Å². The minimum atomic E-state index is -0.232. The molecule has 0 bridgehead atoms. The van der Waals surface area contributed by atoms with E-state index in [2.05, 4.69) is 6.92 Å². The van der Waals surface area contributed by atoms with Crippen molar-refractivity contribution in [1.29, 1.82) is 0 Å². The second kappa shape index (κ2) is 3.36. The molecule has 0 atom stereocenters. The van der Waals surface area contributed by atoms with Gasteiger partial charge in [0.2, 0.25) is 0 Å². The number of benzene rings is 1. The summed E-state index contributed by atoms with van der Waals surface area (Å²) >= 11 is 0. The first-order valence-corrected chi connectivity index (χ1v) is 4.66. The van der Waals surface area contributed by atoms with Gasteiger partial charge in [0.1, 0.15) is 11.6 Å². The van der Waals surface area contributed by atoms with Crippen LogP contribution in [0.2, 0.25) is 0 Å². The maximum Gasteiger partial charge on any atom is 0.126 e. The quantitative estimate of drug-likeness (QED) is 0.679. The number of rotatable bonds is 2. The lowest BCUT2D eigenvalue weighted by Gasteiger charge is -2.32. The van der Waals surface area contributed by atoms with E-state index >= 15 is 0 Å². The molecular weight excluding hydrogens is 167 g/mol. The SMILES string of the molecule is CC1CC(Oc2cccc(F)c2)C1. The number of hydrogen-bond acceptors (Lipinski definition) is 1. The average molecular weight is 180 g/mol. The topological polar surface area (TPSA) is 9.23 Å². The molecular formula is C11H13FO. The van der Waals surface area contributed by atoms with E-state index in [4.69, 9.17) is 4.74 Å². The molecule has 0 N–H and O–H groups in total. The van der Waals surface area contributed by atoms with E-state index in [1.807, 2.05) is 0 Å². The molecule has 0 aromatic heterocycles. The summed E-state index contributed by atoms with van der Waals surface area (Å²) in [6, 6.07) is 6.33. The van der Waals surface area contributed by atoms with Gasteiger partial charge in [0.25, 0.3) is 0 Å². The monoisotopic (exact) mass is 180 g/mol. The molecule has 0 unspecified atom stereocenters. The number of ether oxygens (including phenoxy) is 1. The number of hydrogen-bond donors (Lipinski definition) is 0. The minimum absolute atomic E-state index is 0.232. The molecule has 0 aliphatic heterocycles. The van der Waals surface area contributed by atoms with Gasteiger partial charge in [-0.1, -0.05) is 13.0 Å². The van der Waals surface area contributed by atoms with Gasteiger partial charge in [-0.3, -0.25) is 0 Å². The second-order valence-corrected chi connectivity index (χ2v) is 3.77. The fraction of sp³-hybridized carbons (Fsp3) is 0.455. The van der Waals surface area contributed by atoms with Crippen molar-refractivity contribution in [2.45, 2.75) is 25.9 Å². The molecule has 0 amide bonds. The Morgan fingerprint density at radius 3 is 2.77 bits per heavy atom. The molecule has 70 valence electrons. The Morgan fingerprint density at radius 1 is 1.38 bits per heavy atom. The molecule has 2 rings (SSSR count). The molecule has 1 saturated carbocycles. The molecule has 0 heterocycles. The lowest BCUT2D eigenvalue weighted by molar-refractivity contribution is 0.0736. The van der Waals surface area contributed by atoms with Crippen molar-refractivity contribution in [3.05, 3.63) is 30.1 Å². The number of halogens is 1. The van der Waals surface area contributed by atoms with Crippen LogP contribution in [0.1, 0.15) is 19.8 Å². The van der Waals surface area contributed by atoms with Crippen LogP contribution >= 0.6 is 0 Å². The van der Waals surface area contributed by atoms with E-state index in [0.29, 0.717) is 11.9 Å². The van der Waals surface area contributed by atoms with Crippen molar-refractivity contribution >= 4 is 0 Å². The van der Waals surface area contributed by atoms with Crippen LogP contribution < -0.4 is 4.74 Å². The lowest BCUT2D eigenvalue weighted by atomic mass is 9.84. The Balaban J connectivity index is 1.94. The Kier molecular flexibility index (Phi) is 2.21. The van der Waals surface area contributed by atoms with Gasteiger partial charge >= 0.3 is 0 Å². The van der Waals surface area contributed by atoms with Gasteiger partial charge < -0.3 is 4.74 Å². The highest BCUT2D eigenvalue weighted by Crippen LogP contribution is 2.30. The van der Waals surface area contributed by atoms with E-state index in [0.717, 1.165) is 18.8 Å². The first kappa shape index (κ1) is 8.54. The first-order chi connectivity index (χ1) is 6.24. The molecule has 2 heteroatoms. The standard InChI is InChI=1S/C11H13FO/c1-8-5-11(6-8)13-10-4-2-3-9(12)7-10/h2-4,7-8,11H,5-6H2,1H3. The fourth-order valence-electron chi connectivity index (χ4n) is 1.66. The molecule has 1 fully saturated rings. The van der Waals surface area contributed by atoms with Crippen molar-refractivity contribution < 1.29 is 9.13 Å². The van der Waals surface area contributed by atoms with Gasteiger partial charge in [0.15, 0.2) is 0 Å². The van der Waals surface area contributed by atoms with E-state index in [1.54, 1.807) is 12.1 Å². The maximum absolute atomic E-state index is 12.7. The van der Waals surface area contributed by atoms with Gasteiger partial charge in [-0.2, -0.15) is 0 Å². The molecule has 1 aliphatic rings. The molecule has 1 aromatic rings. The second-order valence-electron chi connectivity index (χ2n) is 3.77. The van der Waals surface area contributed by atoms with Crippen molar-refractivity contribution in [3.8, 4) is 5.75 Å². The van der Waals surface area contributed by atoms with Crippen LogP contribution in [0.25, 0.3) is 0 Å². The van der Waals surface area contributed by atoms with E-state index in [1.165, 1.54) is 12.1 Å². The largest absolute Gasteiger partial charge is 0.490 e. The van der Waals surface area contributed by atoms with Crippen molar-refractivity contribution in [1.82, 2.24) is 0 Å². The van der Waals surface area contributed by atoms with Crippen LogP contribution in [0.3, 0.4) is 0 Å². The zero-order valence-electron chi connectivity index (χ0n) is 7.66. The van der Waals surface area contributed by atoms with Crippen LogP contribution in [-0.2, 0) is 0 Å². The van der Waals surface area contributed by atoms with Crippen LogP contribution in [0.15, 0.2) is 24.3 Å². The third-order valence-corrected chi connectivity index (χ3v) is 2.43. The highest BCUT2D eigenvalue weighted by Gasteiger charge is 2.26. The van der Waals surface area contributed by atoms with Gasteiger partial charge in [0, 0.05) is 6.07 Å². The maximum atomic E-state index is 12.7. The normalized spacial score (nSPS) is 26.6. The van der Waals surface area contributed by atoms with Crippen LogP contribution in [-0.4, -0.2) is 6.10 Å². The molecule has 0 radical (unpaired) electrons. The molecule has 1 aromatic carbocycles. The van der Waals surface area contributed by atoms with E-state index < -0.39 is 0 Å². The van der Waals surface area contributed by atoms with Gasteiger partial charge in [0.05, 0.1) is 6.10 Å². The predicted octanol–water partition coefficient (Wildman–Crippen LogP) is 3.00. The molecule has 13 heavy (non-hydrogen) atoms. The third kappa shape index (κ3) is 2.00. The Bertz CT molecular complexity index is 292. The molecule has 0 spiro atoms. The summed E-state index contributed by atoms with van der Waals surface area (Å²) in [4.78, 5) is 0. The van der Waals surface area contributed by atoms with Crippen LogP contribution in [0.4, 0.5) is 4.39 Å². The summed E-state index contributed by atoms with van der Waals surface area (Å²) in [7, 11) is 0. The van der Waals surface area contributed by atoms with Crippen LogP contribution in [0.5, 0.6) is 5.75 Å². The first-order valence-electron chi connectivity index (χ1n) is 4.66. The molecule has 1 nitrogen and oxygen atoms in total. The highest BCUT2D eigenvalue weighted by molar-refractivity contribution is 5.22.